The van der Waals surface area contributed by atoms with Gasteiger partial charge >= 0.3 is 6.18 Å². The van der Waals surface area contributed by atoms with Crippen LogP contribution >= 0.6 is 0 Å². The molecule has 21 heavy (non-hydrogen) atoms. The number of rotatable bonds is 4. The van der Waals surface area contributed by atoms with Gasteiger partial charge in [0.1, 0.15) is 0 Å². The molecule has 2 rings (SSSR count). The molecule has 1 fully saturated rings. The molecule has 0 spiro atoms. The standard InChI is InChI=1S/C14H19F3N2O2/c1-21-13-8-10(2-3-12(13)20)11(9-14(15,16)17)19-6-4-18-5-7-19/h2-3,8,11,18,20H,4-7,9H2,1H3/t11-/m0/s1. The largest absolute Gasteiger partial charge is 0.504 e. The number of methoxy groups -OCH3 is 1. The molecule has 7 heteroatoms. The Labute approximate surface area is 121 Å². The van der Waals surface area contributed by atoms with Crippen LogP contribution < -0.4 is 10.1 Å². The highest BCUT2D eigenvalue weighted by atomic mass is 19.4. The van der Waals surface area contributed by atoms with E-state index in [9.17, 15) is 18.3 Å². The van der Waals surface area contributed by atoms with Crippen molar-refractivity contribution < 1.29 is 23.0 Å². The highest BCUT2D eigenvalue weighted by Crippen LogP contribution is 2.37. The van der Waals surface area contributed by atoms with E-state index in [1.54, 1.807) is 0 Å². The molecular formula is C14H19F3N2O2. The Balaban J connectivity index is 2.29. The molecule has 118 valence electrons. The third-order valence-electron chi connectivity index (χ3n) is 3.61. The summed E-state index contributed by atoms with van der Waals surface area (Å²) < 4.78 is 43.6. The van der Waals surface area contributed by atoms with Crippen LogP contribution in [0, 0.1) is 0 Å². The minimum atomic E-state index is -4.25. The maximum atomic E-state index is 12.9. The molecule has 4 nitrogen and oxygen atoms in total. The van der Waals surface area contributed by atoms with E-state index in [1.165, 1.54) is 25.3 Å². The van der Waals surface area contributed by atoms with Crippen molar-refractivity contribution in [2.45, 2.75) is 18.6 Å². The Kier molecular flexibility index (Phi) is 4.95. The Bertz CT molecular complexity index is 474. The SMILES string of the molecule is COc1cc([C@H](CC(F)(F)F)N2CCNCC2)ccc1O. The van der Waals surface area contributed by atoms with Gasteiger partial charge in [0, 0.05) is 32.2 Å². The number of ether oxygens (including phenoxy) is 1. The van der Waals surface area contributed by atoms with Gasteiger partial charge in [-0.2, -0.15) is 13.2 Å². The number of halogens is 3. The topological polar surface area (TPSA) is 44.7 Å². The lowest BCUT2D eigenvalue weighted by Gasteiger charge is -2.35. The first-order chi connectivity index (χ1) is 9.90. The normalized spacial score (nSPS) is 18.5. The van der Waals surface area contributed by atoms with Gasteiger partial charge < -0.3 is 15.2 Å². The lowest BCUT2D eigenvalue weighted by atomic mass is 10.00. The molecule has 1 aromatic rings. The van der Waals surface area contributed by atoms with E-state index in [0.717, 1.165) is 0 Å². The summed E-state index contributed by atoms with van der Waals surface area (Å²) >= 11 is 0. The number of phenolic OH excluding ortho intramolecular Hbond substituents is 1. The first kappa shape index (κ1) is 15.9. The van der Waals surface area contributed by atoms with Gasteiger partial charge in [0.25, 0.3) is 0 Å². The summed E-state index contributed by atoms with van der Waals surface area (Å²) in [5.41, 5.74) is 0.504. The molecule has 1 aliphatic heterocycles. The summed E-state index contributed by atoms with van der Waals surface area (Å²) in [5, 5.41) is 12.7. The van der Waals surface area contributed by atoms with Crippen LogP contribution in [0.4, 0.5) is 13.2 Å². The molecule has 1 aromatic carbocycles. The number of phenols is 1. The zero-order chi connectivity index (χ0) is 15.5. The summed E-state index contributed by atoms with van der Waals surface area (Å²) in [7, 11) is 1.38. The minimum absolute atomic E-state index is 0.0766. The van der Waals surface area contributed by atoms with Crippen molar-refractivity contribution in [1.82, 2.24) is 10.2 Å². The molecule has 0 radical (unpaired) electrons. The molecular weight excluding hydrogens is 285 g/mol. The van der Waals surface area contributed by atoms with E-state index < -0.39 is 18.6 Å². The summed E-state index contributed by atoms with van der Waals surface area (Å²) in [6.07, 6.45) is -5.17. The zero-order valence-corrected chi connectivity index (χ0v) is 11.8. The van der Waals surface area contributed by atoms with Crippen LogP contribution in [-0.2, 0) is 0 Å². The molecule has 0 bridgehead atoms. The van der Waals surface area contributed by atoms with E-state index >= 15 is 0 Å². The molecule has 0 saturated carbocycles. The predicted octanol–water partition coefficient (Wildman–Crippen LogP) is 2.30. The van der Waals surface area contributed by atoms with Gasteiger partial charge in [-0.3, -0.25) is 4.90 Å². The molecule has 0 unspecified atom stereocenters. The quantitative estimate of drug-likeness (QED) is 0.896. The highest BCUT2D eigenvalue weighted by molar-refractivity contribution is 5.42. The van der Waals surface area contributed by atoms with Crippen LogP contribution in [0.15, 0.2) is 18.2 Å². The van der Waals surface area contributed by atoms with Crippen molar-refractivity contribution in [1.29, 1.82) is 0 Å². The zero-order valence-electron chi connectivity index (χ0n) is 11.8. The number of nitrogens with zero attached hydrogens (tertiary/aromatic N) is 1. The Morgan fingerprint density at radius 2 is 2.00 bits per heavy atom. The minimum Gasteiger partial charge on any atom is -0.504 e. The van der Waals surface area contributed by atoms with Crippen molar-refractivity contribution in [3.63, 3.8) is 0 Å². The average molecular weight is 304 g/mol. The van der Waals surface area contributed by atoms with Gasteiger partial charge in [0.2, 0.25) is 0 Å². The van der Waals surface area contributed by atoms with Gasteiger partial charge in [0.15, 0.2) is 11.5 Å². The van der Waals surface area contributed by atoms with Crippen molar-refractivity contribution in [2.75, 3.05) is 33.3 Å². The molecule has 0 amide bonds. The van der Waals surface area contributed by atoms with Crippen molar-refractivity contribution in [2.24, 2.45) is 0 Å². The van der Waals surface area contributed by atoms with Gasteiger partial charge in [0.05, 0.1) is 13.5 Å². The molecule has 1 saturated heterocycles. The van der Waals surface area contributed by atoms with Crippen molar-refractivity contribution in [3.05, 3.63) is 23.8 Å². The number of nitrogens with one attached hydrogen (secondary N) is 1. The fourth-order valence-electron chi connectivity index (χ4n) is 2.57. The summed E-state index contributed by atoms with van der Waals surface area (Å²) in [5.74, 6) is 0.113. The Hall–Kier alpha value is -1.47. The molecule has 1 aliphatic rings. The Morgan fingerprint density at radius 1 is 1.33 bits per heavy atom. The van der Waals surface area contributed by atoms with E-state index in [4.69, 9.17) is 4.74 Å². The fourth-order valence-corrected chi connectivity index (χ4v) is 2.57. The number of piperazine rings is 1. The fraction of sp³-hybridized carbons (Fsp3) is 0.571. The van der Waals surface area contributed by atoms with E-state index in [0.29, 0.717) is 31.7 Å². The third-order valence-corrected chi connectivity index (χ3v) is 3.61. The Morgan fingerprint density at radius 3 is 2.57 bits per heavy atom. The average Bonchev–Trinajstić information content (AvgIpc) is 2.45. The van der Waals surface area contributed by atoms with Crippen molar-refractivity contribution in [3.8, 4) is 11.5 Å². The smallest absolute Gasteiger partial charge is 0.390 e. The van der Waals surface area contributed by atoms with Crippen LogP contribution in [0.1, 0.15) is 18.0 Å². The first-order valence-electron chi connectivity index (χ1n) is 6.79. The second-order valence-corrected chi connectivity index (χ2v) is 5.05. The van der Waals surface area contributed by atoms with E-state index in [2.05, 4.69) is 5.32 Å². The maximum Gasteiger partial charge on any atom is 0.390 e. The first-order valence-corrected chi connectivity index (χ1v) is 6.79. The predicted molar refractivity (Wildman–Crippen MR) is 72.5 cm³/mol. The van der Waals surface area contributed by atoms with Crippen LogP contribution in [0.5, 0.6) is 11.5 Å². The van der Waals surface area contributed by atoms with Crippen LogP contribution in [0.3, 0.4) is 0 Å². The highest BCUT2D eigenvalue weighted by Gasteiger charge is 2.36. The summed E-state index contributed by atoms with van der Waals surface area (Å²) in [4.78, 5) is 1.82. The van der Waals surface area contributed by atoms with Crippen LogP contribution in [0.25, 0.3) is 0 Å². The van der Waals surface area contributed by atoms with E-state index in [-0.39, 0.29) is 11.5 Å². The van der Waals surface area contributed by atoms with Gasteiger partial charge in [-0.05, 0) is 17.7 Å². The number of alkyl halides is 3. The second-order valence-electron chi connectivity index (χ2n) is 5.05. The summed E-state index contributed by atoms with van der Waals surface area (Å²) in [6.45, 7) is 2.46. The lowest BCUT2D eigenvalue weighted by Crippen LogP contribution is -2.46. The third kappa shape index (κ3) is 4.25. The monoisotopic (exact) mass is 304 g/mol. The molecule has 1 heterocycles. The van der Waals surface area contributed by atoms with Crippen LogP contribution in [-0.4, -0.2) is 49.5 Å². The molecule has 1 atom stereocenters. The maximum absolute atomic E-state index is 12.9. The number of hydrogen-bond donors (Lipinski definition) is 2. The van der Waals surface area contributed by atoms with Gasteiger partial charge in [-0.15, -0.1) is 0 Å². The second kappa shape index (κ2) is 6.53. The van der Waals surface area contributed by atoms with Gasteiger partial charge in [-0.25, -0.2) is 0 Å². The lowest BCUT2D eigenvalue weighted by molar-refractivity contribution is -0.148. The molecule has 2 N–H and O–H groups in total. The number of aromatic hydroxyl groups is 1. The van der Waals surface area contributed by atoms with E-state index in [1.807, 2.05) is 4.90 Å². The molecule has 0 aromatic heterocycles. The van der Waals surface area contributed by atoms with Gasteiger partial charge in [-0.1, -0.05) is 6.07 Å². The number of benzene rings is 1. The summed E-state index contributed by atoms with van der Waals surface area (Å²) in [6, 6.07) is 3.62. The van der Waals surface area contributed by atoms with Crippen molar-refractivity contribution >= 4 is 0 Å². The van der Waals surface area contributed by atoms with Crippen LogP contribution in [0.2, 0.25) is 0 Å². The molecule has 0 aliphatic carbocycles. The number of hydrogen-bond acceptors (Lipinski definition) is 4.